The molecule has 1 amide bonds. The van der Waals surface area contributed by atoms with E-state index in [0.29, 0.717) is 13.0 Å². The lowest BCUT2D eigenvalue weighted by Gasteiger charge is -2.47. The minimum atomic E-state index is -5.08. The van der Waals surface area contributed by atoms with E-state index in [-0.39, 0.29) is 16.8 Å². The molecule has 1 atom stereocenters. The molecule has 4 rings (SSSR count). The number of likely N-dealkylation sites (tertiary alicyclic amines) is 1. The Morgan fingerprint density at radius 1 is 1.21 bits per heavy atom. The number of carboxylic acids is 1. The zero-order chi connectivity index (χ0) is 24.1. The van der Waals surface area contributed by atoms with Crippen LogP contribution in [-0.4, -0.2) is 62.7 Å². The average Bonchev–Trinajstić information content (AvgIpc) is 3.18. The minimum Gasteiger partial charge on any atom is -0.475 e. The molecule has 6 nitrogen and oxygen atoms in total. The van der Waals surface area contributed by atoms with Gasteiger partial charge in [-0.1, -0.05) is 24.3 Å². The quantitative estimate of drug-likeness (QED) is 0.697. The van der Waals surface area contributed by atoms with Crippen molar-refractivity contribution in [3.05, 3.63) is 65.5 Å². The number of ether oxygens (including phenoxy) is 1. The largest absolute Gasteiger partial charge is 0.490 e. The summed E-state index contributed by atoms with van der Waals surface area (Å²) in [6.45, 7) is 4.42. The highest BCUT2D eigenvalue weighted by Gasteiger charge is 2.50. The van der Waals surface area contributed by atoms with Crippen molar-refractivity contribution in [1.29, 1.82) is 0 Å². The third-order valence-corrected chi connectivity index (χ3v) is 7.14. The van der Waals surface area contributed by atoms with Gasteiger partial charge in [0, 0.05) is 31.2 Å². The summed E-state index contributed by atoms with van der Waals surface area (Å²) >= 11 is 1.97. The average molecular weight is 483 g/mol. The first kappa shape index (κ1) is 25.0. The van der Waals surface area contributed by atoms with E-state index >= 15 is 0 Å². The van der Waals surface area contributed by atoms with Crippen molar-refractivity contribution < 1.29 is 32.6 Å². The molecule has 33 heavy (non-hydrogen) atoms. The summed E-state index contributed by atoms with van der Waals surface area (Å²) in [5, 5.41) is 7.12. The van der Waals surface area contributed by atoms with Gasteiger partial charge in [0.2, 0.25) is 5.91 Å². The number of hydrogen-bond donors (Lipinski definition) is 1. The van der Waals surface area contributed by atoms with Gasteiger partial charge in [-0.25, -0.2) is 4.79 Å². The van der Waals surface area contributed by atoms with E-state index in [1.165, 1.54) is 5.56 Å². The minimum absolute atomic E-state index is 0.213. The number of amides is 1. The number of carbonyl (C=O) groups excluding carboxylic acids is 1. The summed E-state index contributed by atoms with van der Waals surface area (Å²) < 4.78 is 38.0. The van der Waals surface area contributed by atoms with Crippen LogP contribution in [0.2, 0.25) is 0 Å². The molecule has 178 valence electrons. The highest BCUT2D eigenvalue weighted by Crippen LogP contribution is 2.46. The number of carbonyl (C=O) groups is 2. The molecule has 2 fully saturated rings. The number of pyridine rings is 1. The molecule has 1 aromatic heterocycles. The first-order valence-electron chi connectivity index (χ1n) is 10.3. The molecule has 10 heteroatoms. The Morgan fingerprint density at radius 2 is 1.85 bits per heavy atom. The Morgan fingerprint density at radius 3 is 2.45 bits per heavy atom. The van der Waals surface area contributed by atoms with Gasteiger partial charge < -0.3 is 14.7 Å². The van der Waals surface area contributed by atoms with Crippen LogP contribution >= 0.6 is 11.8 Å². The van der Waals surface area contributed by atoms with E-state index in [4.69, 9.17) is 14.6 Å². The summed E-state index contributed by atoms with van der Waals surface area (Å²) in [7, 11) is 0. The lowest BCUT2D eigenvalue weighted by atomic mass is 9.92. The second-order valence-electron chi connectivity index (χ2n) is 8.14. The van der Waals surface area contributed by atoms with Crippen molar-refractivity contribution in [1.82, 2.24) is 9.88 Å². The molecule has 1 unspecified atom stereocenters. The topological polar surface area (TPSA) is 79.7 Å². The van der Waals surface area contributed by atoms with Gasteiger partial charge >= 0.3 is 12.1 Å². The third kappa shape index (κ3) is 6.94. The van der Waals surface area contributed by atoms with E-state index in [1.807, 2.05) is 40.9 Å². The van der Waals surface area contributed by atoms with E-state index < -0.39 is 12.1 Å². The maximum absolute atomic E-state index is 12.6. The van der Waals surface area contributed by atoms with Crippen LogP contribution in [0, 0.1) is 6.92 Å². The number of alkyl halides is 3. The van der Waals surface area contributed by atoms with E-state index in [1.54, 1.807) is 12.4 Å². The Hall–Kier alpha value is -2.59. The molecule has 1 aromatic carbocycles. The van der Waals surface area contributed by atoms with Crippen molar-refractivity contribution >= 4 is 23.6 Å². The smallest absolute Gasteiger partial charge is 0.475 e. The van der Waals surface area contributed by atoms with Gasteiger partial charge in [0.1, 0.15) is 0 Å². The number of hydrogen-bond acceptors (Lipinski definition) is 5. The maximum atomic E-state index is 12.6. The Labute approximate surface area is 194 Å². The molecule has 0 bridgehead atoms. The highest BCUT2D eigenvalue weighted by molar-refractivity contribution is 8.01. The van der Waals surface area contributed by atoms with Crippen LogP contribution < -0.4 is 0 Å². The van der Waals surface area contributed by atoms with Gasteiger partial charge in [-0.3, -0.25) is 9.78 Å². The maximum Gasteiger partial charge on any atom is 0.490 e. The molecule has 2 aliphatic rings. The number of benzene rings is 1. The SMILES string of the molecule is Cc1ccccc1CC(=O)N1CC2(CC(OCc3ccncc3)CS2)C1.O=C(O)C(F)(F)F. The summed E-state index contributed by atoms with van der Waals surface area (Å²) in [5.41, 5.74) is 3.49. The van der Waals surface area contributed by atoms with Crippen molar-refractivity contribution in [3.8, 4) is 0 Å². The van der Waals surface area contributed by atoms with Crippen LogP contribution in [-0.2, 0) is 27.4 Å². The van der Waals surface area contributed by atoms with Crippen LogP contribution in [0.15, 0.2) is 48.8 Å². The molecule has 0 aliphatic carbocycles. The first-order chi connectivity index (χ1) is 15.6. The van der Waals surface area contributed by atoms with E-state index in [2.05, 4.69) is 24.0 Å². The number of carboxylic acid groups (broad SMARTS) is 1. The monoisotopic (exact) mass is 482 g/mol. The van der Waals surface area contributed by atoms with Crippen LogP contribution in [0.5, 0.6) is 0 Å². The van der Waals surface area contributed by atoms with E-state index in [9.17, 15) is 18.0 Å². The van der Waals surface area contributed by atoms with Crippen molar-refractivity contribution in [2.24, 2.45) is 0 Å². The van der Waals surface area contributed by atoms with Gasteiger partial charge in [0.15, 0.2) is 0 Å². The Bertz CT molecular complexity index is 966. The number of thioether (sulfide) groups is 1. The second kappa shape index (κ2) is 10.6. The molecule has 0 radical (unpaired) electrons. The fourth-order valence-corrected chi connectivity index (χ4v) is 5.28. The standard InChI is InChI=1S/C21H24N2O2S.C2HF3O2/c1-16-4-2-3-5-18(16)10-20(24)23-14-21(15-23)11-19(13-26-21)25-12-17-6-8-22-9-7-17;3-2(4,5)1(6)7/h2-9,19H,10-15H2,1H3;(H,6,7). The van der Waals surface area contributed by atoms with Gasteiger partial charge in [0.05, 0.1) is 23.9 Å². The molecule has 2 saturated heterocycles. The fraction of sp³-hybridized carbons (Fsp3) is 0.435. The summed E-state index contributed by atoms with van der Waals surface area (Å²) in [5.74, 6) is -1.50. The van der Waals surface area contributed by atoms with Gasteiger partial charge in [0.25, 0.3) is 0 Å². The Kier molecular flexibility index (Phi) is 8.01. The van der Waals surface area contributed by atoms with E-state index in [0.717, 1.165) is 36.4 Å². The second-order valence-corrected chi connectivity index (χ2v) is 9.63. The lowest BCUT2D eigenvalue weighted by molar-refractivity contribution is -0.192. The number of halogens is 3. The Balaban J connectivity index is 0.000000383. The first-order valence-corrected chi connectivity index (χ1v) is 11.3. The highest BCUT2D eigenvalue weighted by atomic mass is 32.2. The fourth-order valence-electron chi connectivity index (χ4n) is 3.73. The number of aryl methyl sites for hydroxylation is 1. The van der Waals surface area contributed by atoms with Crippen molar-refractivity contribution in [2.75, 3.05) is 18.8 Å². The molecule has 1 spiro atoms. The zero-order valence-electron chi connectivity index (χ0n) is 18.0. The van der Waals surface area contributed by atoms with Crippen molar-refractivity contribution in [2.45, 2.75) is 43.4 Å². The van der Waals surface area contributed by atoms with Crippen LogP contribution in [0.3, 0.4) is 0 Å². The summed E-state index contributed by atoms with van der Waals surface area (Å²) in [4.78, 5) is 27.5. The predicted octanol–water partition coefficient (Wildman–Crippen LogP) is 3.87. The molecule has 2 aromatic rings. The van der Waals surface area contributed by atoms with Crippen molar-refractivity contribution in [3.63, 3.8) is 0 Å². The zero-order valence-corrected chi connectivity index (χ0v) is 18.9. The number of rotatable bonds is 5. The molecule has 3 heterocycles. The molecular formula is C23H25F3N2O4S. The number of aromatic nitrogens is 1. The van der Waals surface area contributed by atoms with Gasteiger partial charge in [-0.15, -0.1) is 11.8 Å². The number of aliphatic carboxylic acids is 1. The van der Waals surface area contributed by atoms with Gasteiger partial charge in [-0.2, -0.15) is 13.2 Å². The summed E-state index contributed by atoms with van der Waals surface area (Å²) in [6, 6.07) is 12.1. The molecular weight excluding hydrogens is 457 g/mol. The third-order valence-electron chi connectivity index (χ3n) is 5.57. The number of nitrogens with zero attached hydrogens (tertiary/aromatic N) is 2. The van der Waals surface area contributed by atoms with Gasteiger partial charge in [-0.05, 0) is 42.2 Å². The molecule has 0 saturated carbocycles. The predicted molar refractivity (Wildman–Crippen MR) is 118 cm³/mol. The lowest BCUT2D eigenvalue weighted by Crippen LogP contribution is -2.61. The summed E-state index contributed by atoms with van der Waals surface area (Å²) in [6.07, 6.45) is 0.342. The normalized spacial score (nSPS) is 18.9. The van der Waals surface area contributed by atoms with Crippen LogP contribution in [0.1, 0.15) is 23.1 Å². The molecule has 1 N–H and O–H groups in total. The molecule has 2 aliphatic heterocycles. The van der Waals surface area contributed by atoms with Crippen LogP contribution in [0.25, 0.3) is 0 Å². The van der Waals surface area contributed by atoms with Crippen LogP contribution in [0.4, 0.5) is 13.2 Å².